The van der Waals surface area contributed by atoms with Crippen LogP contribution in [-0.4, -0.2) is 23.2 Å². The molecule has 3 aliphatic rings. The van der Waals surface area contributed by atoms with E-state index in [9.17, 15) is 0 Å². The summed E-state index contributed by atoms with van der Waals surface area (Å²) in [4.78, 5) is 6.65. The molecule has 0 spiro atoms. The van der Waals surface area contributed by atoms with Crippen molar-refractivity contribution < 1.29 is 4.74 Å². The summed E-state index contributed by atoms with van der Waals surface area (Å²) < 4.78 is 6.00. The lowest BCUT2D eigenvalue weighted by Crippen LogP contribution is -2.51. The number of aromatic nitrogens is 1. The summed E-state index contributed by atoms with van der Waals surface area (Å²) >= 11 is 1.99. The van der Waals surface area contributed by atoms with Crippen molar-refractivity contribution in [1.29, 1.82) is 0 Å². The van der Waals surface area contributed by atoms with E-state index in [2.05, 4.69) is 19.2 Å². The number of ether oxygens (including phenoxy) is 1. The smallest absolute Gasteiger partial charge is 0.113 e. The molecule has 1 aliphatic heterocycles. The molecular formula is C17H26N2OS. The number of thiazole rings is 1. The van der Waals surface area contributed by atoms with Gasteiger partial charge in [0.1, 0.15) is 5.01 Å². The molecule has 2 atom stereocenters. The topological polar surface area (TPSA) is 34.2 Å². The van der Waals surface area contributed by atoms with E-state index in [1.807, 2.05) is 11.3 Å². The van der Waals surface area contributed by atoms with E-state index in [0.29, 0.717) is 18.2 Å². The van der Waals surface area contributed by atoms with Crippen molar-refractivity contribution in [3.05, 3.63) is 15.6 Å². The Morgan fingerprint density at radius 1 is 1.14 bits per heavy atom. The molecule has 1 aromatic rings. The number of fused-ring (bicyclic) bond motifs is 1. The summed E-state index contributed by atoms with van der Waals surface area (Å²) in [6.07, 6.45) is 10.5. The molecule has 4 heteroatoms. The van der Waals surface area contributed by atoms with E-state index in [0.717, 1.165) is 12.8 Å². The van der Waals surface area contributed by atoms with Crippen LogP contribution in [-0.2, 0) is 23.1 Å². The Morgan fingerprint density at radius 2 is 1.86 bits per heavy atom. The van der Waals surface area contributed by atoms with Crippen LogP contribution in [0.2, 0.25) is 0 Å². The summed E-state index contributed by atoms with van der Waals surface area (Å²) in [6.45, 7) is 4.43. The maximum absolute atomic E-state index is 6.00. The molecule has 2 fully saturated rings. The normalized spacial score (nSPS) is 36.5. The minimum atomic E-state index is 0.0697. The Bertz CT molecular complexity index is 484. The zero-order chi connectivity index (χ0) is 14.4. The highest BCUT2D eigenvalue weighted by Crippen LogP contribution is 2.43. The van der Waals surface area contributed by atoms with Crippen LogP contribution in [0.5, 0.6) is 0 Å². The third-order valence-corrected chi connectivity index (χ3v) is 6.41. The van der Waals surface area contributed by atoms with E-state index < -0.39 is 0 Å². The van der Waals surface area contributed by atoms with Crippen molar-refractivity contribution in [2.75, 3.05) is 0 Å². The van der Waals surface area contributed by atoms with Gasteiger partial charge in [-0.2, -0.15) is 0 Å². The Balaban J connectivity index is 1.69. The first-order valence-corrected chi connectivity index (χ1v) is 9.38. The van der Waals surface area contributed by atoms with Crippen molar-refractivity contribution in [2.24, 2.45) is 0 Å². The summed E-state index contributed by atoms with van der Waals surface area (Å²) in [5, 5.41) is 5.31. The van der Waals surface area contributed by atoms with Gasteiger partial charge >= 0.3 is 0 Å². The predicted octanol–water partition coefficient (Wildman–Crippen LogP) is 3.56. The lowest BCUT2D eigenvalue weighted by atomic mass is 9.84. The van der Waals surface area contributed by atoms with Gasteiger partial charge in [0, 0.05) is 10.9 Å². The van der Waals surface area contributed by atoms with Gasteiger partial charge in [0.15, 0.2) is 0 Å². The van der Waals surface area contributed by atoms with Gasteiger partial charge in [-0.05, 0) is 65.2 Å². The molecule has 1 saturated heterocycles. The second kappa shape index (κ2) is 5.32. The van der Waals surface area contributed by atoms with Crippen LogP contribution >= 0.6 is 11.3 Å². The lowest BCUT2D eigenvalue weighted by molar-refractivity contribution is -0.0718. The van der Waals surface area contributed by atoms with E-state index >= 15 is 0 Å². The average molecular weight is 306 g/mol. The highest BCUT2D eigenvalue weighted by Gasteiger charge is 2.45. The average Bonchev–Trinajstić information content (AvgIpc) is 3.12. The molecule has 2 unspecified atom stereocenters. The minimum Gasteiger partial charge on any atom is -0.375 e. The van der Waals surface area contributed by atoms with Crippen LogP contribution in [0.3, 0.4) is 0 Å². The van der Waals surface area contributed by atoms with Crippen LogP contribution in [0.1, 0.15) is 68.0 Å². The fourth-order valence-corrected chi connectivity index (χ4v) is 5.41. The van der Waals surface area contributed by atoms with Crippen LogP contribution in [0.25, 0.3) is 0 Å². The molecule has 0 amide bonds. The summed E-state index contributed by atoms with van der Waals surface area (Å²) in [5.74, 6) is 0. The highest BCUT2D eigenvalue weighted by atomic mass is 32.1. The molecule has 4 rings (SSSR count). The molecule has 116 valence electrons. The number of hydrogen-bond acceptors (Lipinski definition) is 4. The fraction of sp³-hybridized carbons (Fsp3) is 0.824. The molecule has 3 nitrogen and oxygen atoms in total. The molecule has 0 bridgehead atoms. The highest BCUT2D eigenvalue weighted by molar-refractivity contribution is 7.11. The maximum atomic E-state index is 6.00. The molecule has 2 heterocycles. The molecule has 1 saturated carbocycles. The number of hydrogen-bond donors (Lipinski definition) is 1. The number of nitrogens with zero attached hydrogens (tertiary/aromatic N) is 1. The van der Waals surface area contributed by atoms with Gasteiger partial charge in [0.25, 0.3) is 0 Å². The van der Waals surface area contributed by atoms with E-state index in [-0.39, 0.29) is 5.54 Å². The second-order valence-corrected chi connectivity index (χ2v) is 8.35. The van der Waals surface area contributed by atoms with Gasteiger partial charge in [0.2, 0.25) is 0 Å². The van der Waals surface area contributed by atoms with Crippen LogP contribution in [0.4, 0.5) is 0 Å². The van der Waals surface area contributed by atoms with Gasteiger partial charge in [-0.25, -0.2) is 4.98 Å². The lowest BCUT2D eigenvalue weighted by Gasteiger charge is -2.42. The molecule has 1 N–H and O–H groups in total. The first-order chi connectivity index (χ1) is 10.1. The standard InChI is InChI=1S/C17H26N2OS/c1-11-9-17(10-12(2)20-11,19-13-7-8-13)16-18-14-5-3-4-6-15(14)21-16/h11-13,19H,3-10H2,1-2H3. The van der Waals surface area contributed by atoms with Gasteiger partial charge in [-0.1, -0.05) is 0 Å². The quantitative estimate of drug-likeness (QED) is 0.927. The molecule has 2 aliphatic carbocycles. The third-order valence-electron chi connectivity index (χ3n) is 5.05. The first-order valence-electron chi connectivity index (χ1n) is 8.57. The van der Waals surface area contributed by atoms with Crippen molar-refractivity contribution in [1.82, 2.24) is 10.3 Å². The van der Waals surface area contributed by atoms with Crippen LogP contribution < -0.4 is 5.32 Å². The van der Waals surface area contributed by atoms with Crippen molar-refractivity contribution in [3.63, 3.8) is 0 Å². The Morgan fingerprint density at radius 3 is 2.52 bits per heavy atom. The maximum Gasteiger partial charge on any atom is 0.113 e. The zero-order valence-electron chi connectivity index (χ0n) is 13.2. The van der Waals surface area contributed by atoms with Crippen LogP contribution in [0.15, 0.2) is 0 Å². The molecular weight excluding hydrogens is 280 g/mol. The SMILES string of the molecule is CC1CC(NC2CC2)(c2nc3c(s2)CCCC3)CC(C)O1. The number of aryl methyl sites for hydroxylation is 2. The first kappa shape index (κ1) is 14.2. The van der Waals surface area contributed by atoms with Gasteiger partial charge in [-0.3, -0.25) is 0 Å². The third kappa shape index (κ3) is 2.78. The molecule has 1 aromatic heterocycles. The minimum absolute atomic E-state index is 0.0697. The molecule has 0 radical (unpaired) electrons. The Hall–Kier alpha value is -0.450. The van der Waals surface area contributed by atoms with Crippen LogP contribution in [0, 0.1) is 0 Å². The van der Waals surface area contributed by atoms with Crippen molar-refractivity contribution >= 4 is 11.3 Å². The molecule has 21 heavy (non-hydrogen) atoms. The number of rotatable bonds is 3. The predicted molar refractivity (Wildman–Crippen MR) is 85.8 cm³/mol. The van der Waals surface area contributed by atoms with Gasteiger partial charge in [0.05, 0.1) is 23.4 Å². The second-order valence-electron chi connectivity index (χ2n) is 7.26. The Kier molecular flexibility index (Phi) is 3.59. The monoisotopic (exact) mass is 306 g/mol. The van der Waals surface area contributed by atoms with Crippen molar-refractivity contribution in [3.8, 4) is 0 Å². The summed E-state index contributed by atoms with van der Waals surface area (Å²) in [5.41, 5.74) is 1.46. The van der Waals surface area contributed by atoms with Gasteiger partial charge < -0.3 is 10.1 Å². The fourth-order valence-electron chi connectivity index (χ4n) is 4.09. The van der Waals surface area contributed by atoms with E-state index in [1.54, 1.807) is 4.88 Å². The number of nitrogens with one attached hydrogen (secondary N) is 1. The molecule has 0 aromatic carbocycles. The van der Waals surface area contributed by atoms with Gasteiger partial charge in [-0.15, -0.1) is 11.3 Å². The van der Waals surface area contributed by atoms with E-state index in [4.69, 9.17) is 9.72 Å². The van der Waals surface area contributed by atoms with E-state index in [1.165, 1.54) is 49.2 Å². The summed E-state index contributed by atoms with van der Waals surface area (Å²) in [6, 6.07) is 0.712. The van der Waals surface area contributed by atoms with Crippen molar-refractivity contribution in [2.45, 2.75) is 89.0 Å². The Labute approximate surface area is 131 Å². The summed E-state index contributed by atoms with van der Waals surface area (Å²) in [7, 11) is 0. The largest absolute Gasteiger partial charge is 0.375 e. The zero-order valence-corrected chi connectivity index (χ0v) is 14.0.